The van der Waals surface area contributed by atoms with Gasteiger partial charge < -0.3 is 14.6 Å². The molecule has 8 nitrogen and oxygen atoms in total. The largest absolute Gasteiger partial charge is 0.508 e. The fraction of sp³-hybridized carbons (Fsp3) is 0.174. The van der Waals surface area contributed by atoms with Crippen LogP contribution in [-0.2, 0) is 10.0 Å². The van der Waals surface area contributed by atoms with Gasteiger partial charge in [0.15, 0.2) is 0 Å². The summed E-state index contributed by atoms with van der Waals surface area (Å²) in [6.07, 6.45) is 0.545. The van der Waals surface area contributed by atoms with Crippen LogP contribution in [0.15, 0.2) is 76.7 Å². The van der Waals surface area contributed by atoms with Crippen molar-refractivity contribution >= 4 is 21.4 Å². The highest BCUT2D eigenvalue weighted by atomic mass is 32.2. The Morgan fingerprint density at radius 1 is 1.03 bits per heavy atom. The van der Waals surface area contributed by atoms with E-state index in [1.807, 2.05) is 18.2 Å². The molecule has 0 radical (unpaired) electrons. The SMILES string of the molecule is COc1ccc(C2=NN(c3ccc(S(N)(=O)=O)cc3)C(c3cccc(O)c3)C2)c(OC)c1. The summed E-state index contributed by atoms with van der Waals surface area (Å²) in [6.45, 7) is 0. The average Bonchev–Trinajstić information content (AvgIpc) is 3.23. The molecule has 3 N–H and O–H groups in total. The molecule has 0 amide bonds. The van der Waals surface area contributed by atoms with Gasteiger partial charge >= 0.3 is 0 Å². The molecule has 1 atom stereocenters. The fourth-order valence-electron chi connectivity index (χ4n) is 3.73. The van der Waals surface area contributed by atoms with Gasteiger partial charge in [-0.15, -0.1) is 0 Å². The number of nitrogens with two attached hydrogens (primary N) is 1. The third kappa shape index (κ3) is 4.25. The van der Waals surface area contributed by atoms with Crippen LogP contribution in [0, 0.1) is 0 Å². The molecule has 166 valence electrons. The third-order valence-corrected chi connectivity index (χ3v) is 6.24. The van der Waals surface area contributed by atoms with Gasteiger partial charge in [-0.3, -0.25) is 5.01 Å². The van der Waals surface area contributed by atoms with Crippen LogP contribution in [0.1, 0.15) is 23.6 Å². The number of rotatable bonds is 6. The van der Waals surface area contributed by atoms with Crippen molar-refractivity contribution < 1.29 is 23.0 Å². The Morgan fingerprint density at radius 2 is 1.78 bits per heavy atom. The van der Waals surface area contributed by atoms with Gasteiger partial charge in [0, 0.05) is 18.1 Å². The molecular weight excluding hydrogens is 430 g/mol. The summed E-state index contributed by atoms with van der Waals surface area (Å²) in [4.78, 5) is 0.0235. The first-order valence-electron chi connectivity index (χ1n) is 9.81. The first-order chi connectivity index (χ1) is 15.3. The number of ether oxygens (including phenoxy) is 2. The van der Waals surface area contributed by atoms with Crippen LogP contribution in [0.25, 0.3) is 0 Å². The molecular formula is C23H23N3O5S. The Morgan fingerprint density at radius 3 is 2.41 bits per heavy atom. The second-order valence-electron chi connectivity index (χ2n) is 7.31. The van der Waals surface area contributed by atoms with Crippen molar-refractivity contribution in [2.75, 3.05) is 19.2 Å². The quantitative estimate of drug-likeness (QED) is 0.591. The molecule has 0 bridgehead atoms. The smallest absolute Gasteiger partial charge is 0.238 e. The molecule has 0 saturated heterocycles. The van der Waals surface area contributed by atoms with Crippen molar-refractivity contribution in [3.05, 3.63) is 77.9 Å². The number of hydrogen-bond acceptors (Lipinski definition) is 7. The minimum Gasteiger partial charge on any atom is -0.508 e. The normalized spacial score (nSPS) is 16.0. The van der Waals surface area contributed by atoms with Gasteiger partial charge in [-0.05, 0) is 54.1 Å². The number of hydrazone groups is 1. The lowest BCUT2D eigenvalue weighted by atomic mass is 9.97. The number of methoxy groups -OCH3 is 2. The number of primary sulfonamides is 1. The molecule has 0 aliphatic carbocycles. The van der Waals surface area contributed by atoms with E-state index in [9.17, 15) is 13.5 Å². The monoisotopic (exact) mass is 453 g/mol. The van der Waals surface area contributed by atoms with E-state index in [0.29, 0.717) is 23.6 Å². The Hall–Kier alpha value is -3.56. The van der Waals surface area contributed by atoms with Crippen LogP contribution in [0.5, 0.6) is 17.2 Å². The van der Waals surface area contributed by atoms with Crippen LogP contribution in [0.3, 0.4) is 0 Å². The maximum atomic E-state index is 11.6. The average molecular weight is 454 g/mol. The van der Waals surface area contributed by atoms with Crippen LogP contribution < -0.4 is 19.6 Å². The van der Waals surface area contributed by atoms with Crippen LogP contribution >= 0.6 is 0 Å². The molecule has 0 spiro atoms. The molecule has 1 heterocycles. The zero-order valence-electron chi connectivity index (χ0n) is 17.6. The molecule has 0 saturated carbocycles. The molecule has 1 unspecified atom stereocenters. The molecule has 3 aromatic rings. The number of aromatic hydroxyl groups is 1. The van der Waals surface area contributed by atoms with Gasteiger partial charge in [0.25, 0.3) is 0 Å². The molecule has 1 aliphatic rings. The van der Waals surface area contributed by atoms with Crippen molar-refractivity contribution in [1.82, 2.24) is 0 Å². The van der Waals surface area contributed by atoms with Gasteiger partial charge in [0.1, 0.15) is 17.2 Å². The van der Waals surface area contributed by atoms with E-state index in [-0.39, 0.29) is 16.7 Å². The number of hydrogen-bond donors (Lipinski definition) is 2. The topological polar surface area (TPSA) is 114 Å². The van der Waals surface area contributed by atoms with Crippen LogP contribution in [0.4, 0.5) is 5.69 Å². The summed E-state index contributed by atoms with van der Waals surface area (Å²) in [6, 6.07) is 18.5. The maximum absolute atomic E-state index is 11.6. The standard InChI is InChI=1S/C23H23N3O5S/c1-30-18-8-11-20(23(13-18)31-2)21-14-22(15-4-3-5-17(27)12-15)26(25-21)16-6-9-19(10-7-16)32(24,28)29/h3-13,22,27H,14H2,1-2H3,(H2,24,28,29). The van der Waals surface area contributed by atoms with Crippen molar-refractivity contribution in [3.63, 3.8) is 0 Å². The highest BCUT2D eigenvalue weighted by molar-refractivity contribution is 7.89. The van der Waals surface area contributed by atoms with Crippen LogP contribution in [-0.4, -0.2) is 33.5 Å². The summed E-state index contributed by atoms with van der Waals surface area (Å²) < 4.78 is 34.1. The highest BCUT2D eigenvalue weighted by Crippen LogP contribution is 2.39. The number of anilines is 1. The van der Waals surface area contributed by atoms with Gasteiger partial charge in [0.05, 0.1) is 36.6 Å². The summed E-state index contributed by atoms with van der Waals surface area (Å²) in [5, 5.41) is 21.9. The second kappa shape index (κ2) is 8.52. The molecule has 9 heteroatoms. The molecule has 0 fully saturated rings. The first-order valence-corrected chi connectivity index (χ1v) is 11.4. The highest BCUT2D eigenvalue weighted by Gasteiger charge is 2.31. The van der Waals surface area contributed by atoms with E-state index in [1.54, 1.807) is 55.6 Å². The summed E-state index contributed by atoms with van der Waals surface area (Å²) in [5.41, 5.74) is 3.16. The van der Waals surface area contributed by atoms with Gasteiger partial charge in [0.2, 0.25) is 10.0 Å². The van der Waals surface area contributed by atoms with Gasteiger partial charge in [-0.25, -0.2) is 13.6 Å². The number of phenols is 1. The summed E-state index contributed by atoms with van der Waals surface area (Å²) in [5.74, 6) is 1.45. The van der Waals surface area contributed by atoms with E-state index >= 15 is 0 Å². The fourth-order valence-corrected chi connectivity index (χ4v) is 4.24. The summed E-state index contributed by atoms with van der Waals surface area (Å²) in [7, 11) is -0.622. The Labute approximate surface area is 186 Å². The lowest BCUT2D eigenvalue weighted by Crippen LogP contribution is -2.19. The predicted octanol–water partition coefficient (Wildman–Crippen LogP) is 3.41. The molecule has 3 aromatic carbocycles. The Bertz CT molecular complexity index is 1270. The van der Waals surface area contributed by atoms with E-state index in [0.717, 1.165) is 16.8 Å². The lowest BCUT2D eigenvalue weighted by Gasteiger charge is -2.24. The first kappa shape index (κ1) is 21.7. The number of benzene rings is 3. The molecule has 32 heavy (non-hydrogen) atoms. The van der Waals surface area contributed by atoms with E-state index in [1.165, 1.54) is 12.1 Å². The maximum Gasteiger partial charge on any atom is 0.238 e. The van der Waals surface area contributed by atoms with Crippen LogP contribution in [0.2, 0.25) is 0 Å². The van der Waals surface area contributed by atoms with Gasteiger partial charge in [-0.1, -0.05) is 12.1 Å². The van der Waals surface area contributed by atoms with Gasteiger partial charge in [-0.2, -0.15) is 5.10 Å². The molecule has 0 aromatic heterocycles. The zero-order valence-corrected chi connectivity index (χ0v) is 18.4. The Balaban J connectivity index is 1.79. The van der Waals surface area contributed by atoms with Crippen molar-refractivity contribution in [1.29, 1.82) is 0 Å². The van der Waals surface area contributed by atoms with Crippen molar-refractivity contribution in [2.24, 2.45) is 10.2 Å². The van der Waals surface area contributed by atoms with E-state index in [2.05, 4.69) is 0 Å². The zero-order chi connectivity index (χ0) is 22.9. The third-order valence-electron chi connectivity index (χ3n) is 5.31. The lowest BCUT2D eigenvalue weighted by molar-refractivity contribution is 0.394. The second-order valence-corrected chi connectivity index (χ2v) is 8.87. The number of nitrogens with zero attached hydrogens (tertiary/aromatic N) is 2. The van der Waals surface area contributed by atoms with Crippen molar-refractivity contribution in [2.45, 2.75) is 17.4 Å². The van der Waals surface area contributed by atoms with E-state index < -0.39 is 10.0 Å². The number of sulfonamides is 1. The predicted molar refractivity (Wildman–Crippen MR) is 122 cm³/mol. The van der Waals surface area contributed by atoms with E-state index in [4.69, 9.17) is 19.7 Å². The number of phenolic OH excluding ortho intramolecular Hbond substituents is 1. The molecule has 4 rings (SSSR count). The Kier molecular flexibility index (Phi) is 5.77. The van der Waals surface area contributed by atoms with Crippen molar-refractivity contribution in [3.8, 4) is 17.2 Å². The minimum atomic E-state index is -3.80. The molecule has 1 aliphatic heterocycles. The summed E-state index contributed by atoms with van der Waals surface area (Å²) >= 11 is 0. The minimum absolute atomic E-state index is 0.0235.